The summed E-state index contributed by atoms with van der Waals surface area (Å²) in [6.07, 6.45) is 1.08. The van der Waals surface area contributed by atoms with Crippen molar-refractivity contribution < 1.29 is 17.9 Å². The maximum Gasteiger partial charge on any atom is 0.253 e. The van der Waals surface area contributed by atoms with Gasteiger partial charge in [-0.05, 0) is 31.0 Å². The van der Waals surface area contributed by atoms with Crippen molar-refractivity contribution in [3.63, 3.8) is 0 Å². The zero-order chi connectivity index (χ0) is 15.3. The average molecular weight is 350 g/mol. The lowest BCUT2D eigenvalue weighted by Gasteiger charge is -2.12. The highest BCUT2D eigenvalue weighted by Gasteiger charge is 2.23. The number of benzene rings is 1. The normalized spacial score (nSPS) is 17.8. The lowest BCUT2D eigenvalue weighted by Crippen LogP contribution is -2.29. The van der Waals surface area contributed by atoms with Gasteiger partial charge in [0.15, 0.2) is 0 Å². The van der Waals surface area contributed by atoms with Crippen molar-refractivity contribution in [2.75, 3.05) is 25.0 Å². The molecule has 1 heterocycles. The number of hydrogen-bond donors (Lipinski definition) is 3. The molecular weight excluding hydrogens is 330 g/mol. The molecule has 0 bridgehead atoms. The van der Waals surface area contributed by atoms with Crippen molar-refractivity contribution >= 4 is 34.0 Å². The second-order valence-electron chi connectivity index (χ2n) is 4.71. The number of anilines is 1. The second-order valence-corrected chi connectivity index (χ2v) is 6.47. The summed E-state index contributed by atoms with van der Waals surface area (Å²) in [5.41, 5.74) is 5.70. The van der Waals surface area contributed by atoms with E-state index in [9.17, 15) is 13.2 Å². The maximum atomic E-state index is 12.0. The standard InChI is InChI=1S/C13H19N3O4S.ClH/c14-6-7-15-21(18,19)11-4-1-3-10(9-11)16-13(17)12-5-2-8-20-12;/h1,3-4,9,12,15H,2,5-8,14H2,(H,16,17);1H. The molecule has 7 nitrogen and oxygen atoms in total. The van der Waals surface area contributed by atoms with Crippen LogP contribution in [0.15, 0.2) is 29.2 Å². The highest BCUT2D eigenvalue weighted by molar-refractivity contribution is 7.89. The summed E-state index contributed by atoms with van der Waals surface area (Å²) >= 11 is 0. The van der Waals surface area contributed by atoms with Crippen LogP contribution in [0.3, 0.4) is 0 Å². The van der Waals surface area contributed by atoms with Gasteiger partial charge in [-0.15, -0.1) is 12.4 Å². The van der Waals surface area contributed by atoms with Gasteiger partial charge in [0.05, 0.1) is 4.90 Å². The molecule has 9 heteroatoms. The lowest BCUT2D eigenvalue weighted by molar-refractivity contribution is -0.124. The zero-order valence-corrected chi connectivity index (χ0v) is 13.6. The number of nitrogens with one attached hydrogen (secondary N) is 2. The number of rotatable bonds is 6. The van der Waals surface area contributed by atoms with Crippen LogP contribution in [0, 0.1) is 0 Å². The van der Waals surface area contributed by atoms with Crippen molar-refractivity contribution in [3.05, 3.63) is 24.3 Å². The van der Waals surface area contributed by atoms with Gasteiger partial charge in [-0.25, -0.2) is 13.1 Å². The van der Waals surface area contributed by atoms with Gasteiger partial charge >= 0.3 is 0 Å². The quantitative estimate of drug-likeness (QED) is 0.691. The predicted molar refractivity (Wildman–Crippen MR) is 85.5 cm³/mol. The van der Waals surface area contributed by atoms with Crippen LogP contribution in [0.2, 0.25) is 0 Å². The Morgan fingerprint density at radius 2 is 2.18 bits per heavy atom. The third-order valence-corrected chi connectivity index (χ3v) is 4.53. The Labute approximate surface area is 136 Å². The second kappa shape index (κ2) is 8.44. The fourth-order valence-corrected chi connectivity index (χ4v) is 3.12. The van der Waals surface area contributed by atoms with Crippen molar-refractivity contribution in [1.29, 1.82) is 0 Å². The van der Waals surface area contributed by atoms with Crippen LogP contribution in [0.5, 0.6) is 0 Å². The van der Waals surface area contributed by atoms with Gasteiger partial charge < -0.3 is 15.8 Å². The summed E-state index contributed by atoms with van der Waals surface area (Å²) < 4.78 is 31.6. The summed E-state index contributed by atoms with van der Waals surface area (Å²) in [7, 11) is -3.61. The van der Waals surface area contributed by atoms with Crippen LogP contribution in [0.1, 0.15) is 12.8 Å². The van der Waals surface area contributed by atoms with Gasteiger partial charge in [-0.2, -0.15) is 0 Å². The van der Waals surface area contributed by atoms with E-state index in [4.69, 9.17) is 10.5 Å². The predicted octanol–water partition coefficient (Wildman–Crippen LogP) is 0.463. The van der Waals surface area contributed by atoms with Gasteiger partial charge in [-0.3, -0.25) is 4.79 Å². The molecule has 0 spiro atoms. The first kappa shape index (κ1) is 18.9. The van der Waals surface area contributed by atoms with E-state index in [2.05, 4.69) is 10.0 Å². The number of ether oxygens (including phenoxy) is 1. The largest absolute Gasteiger partial charge is 0.368 e. The molecule has 0 radical (unpaired) electrons. The van der Waals surface area contributed by atoms with Crippen molar-refractivity contribution in [3.8, 4) is 0 Å². The molecule has 0 aromatic heterocycles. The molecule has 1 fully saturated rings. The number of carbonyl (C=O) groups is 1. The average Bonchev–Trinajstić information content (AvgIpc) is 3.00. The Balaban J connectivity index is 0.00000242. The molecular formula is C13H20ClN3O4S. The highest BCUT2D eigenvalue weighted by atomic mass is 35.5. The van der Waals surface area contributed by atoms with Crippen molar-refractivity contribution in [2.45, 2.75) is 23.8 Å². The third kappa shape index (κ3) is 4.92. The van der Waals surface area contributed by atoms with E-state index < -0.39 is 16.1 Å². The van der Waals surface area contributed by atoms with Crippen LogP contribution in [-0.2, 0) is 19.6 Å². The Morgan fingerprint density at radius 3 is 2.82 bits per heavy atom. The molecule has 22 heavy (non-hydrogen) atoms. The summed E-state index contributed by atoms with van der Waals surface area (Å²) in [6, 6.07) is 6.07. The van der Waals surface area contributed by atoms with E-state index in [1.807, 2.05) is 0 Å². The summed E-state index contributed by atoms with van der Waals surface area (Å²) in [5, 5.41) is 2.67. The van der Waals surface area contributed by atoms with Crippen molar-refractivity contribution in [1.82, 2.24) is 4.72 Å². The molecule has 0 aliphatic carbocycles. The van der Waals surface area contributed by atoms with E-state index in [1.54, 1.807) is 12.1 Å². The smallest absolute Gasteiger partial charge is 0.253 e. The molecule has 1 aliphatic heterocycles. The minimum atomic E-state index is -3.61. The zero-order valence-electron chi connectivity index (χ0n) is 11.9. The minimum Gasteiger partial charge on any atom is -0.368 e. The molecule has 1 aromatic carbocycles. The van der Waals surface area contributed by atoms with E-state index in [0.29, 0.717) is 18.7 Å². The van der Waals surface area contributed by atoms with Crippen LogP contribution in [-0.4, -0.2) is 40.1 Å². The van der Waals surface area contributed by atoms with E-state index in [1.165, 1.54) is 12.1 Å². The third-order valence-electron chi connectivity index (χ3n) is 3.07. The summed E-state index contributed by atoms with van der Waals surface area (Å²) in [6.45, 7) is 0.957. The lowest BCUT2D eigenvalue weighted by atomic mass is 10.2. The minimum absolute atomic E-state index is 0. The number of sulfonamides is 1. The van der Waals surface area contributed by atoms with E-state index in [0.717, 1.165) is 6.42 Å². The van der Waals surface area contributed by atoms with Gasteiger partial charge in [0.1, 0.15) is 6.10 Å². The monoisotopic (exact) mass is 349 g/mol. The molecule has 4 N–H and O–H groups in total. The molecule has 1 aliphatic rings. The molecule has 124 valence electrons. The SMILES string of the molecule is Cl.NCCNS(=O)(=O)c1cccc(NC(=O)C2CCCO2)c1. The molecule has 1 unspecified atom stereocenters. The molecule has 1 saturated heterocycles. The Morgan fingerprint density at radius 1 is 1.41 bits per heavy atom. The number of carbonyl (C=O) groups excluding carboxylic acids is 1. The molecule has 1 atom stereocenters. The Bertz CT molecular complexity index is 603. The number of amides is 1. The first-order valence-corrected chi connectivity index (χ1v) is 8.23. The van der Waals surface area contributed by atoms with Gasteiger partial charge in [0.2, 0.25) is 10.0 Å². The van der Waals surface area contributed by atoms with Crippen molar-refractivity contribution in [2.24, 2.45) is 5.73 Å². The Hall–Kier alpha value is -1.19. The highest BCUT2D eigenvalue weighted by Crippen LogP contribution is 2.18. The van der Waals surface area contributed by atoms with Gasteiger partial charge in [0.25, 0.3) is 5.91 Å². The van der Waals surface area contributed by atoms with E-state index >= 15 is 0 Å². The van der Waals surface area contributed by atoms with Crippen LogP contribution < -0.4 is 15.8 Å². The van der Waals surface area contributed by atoms with E-state index in [-0.39, 0.29) is 36.3 Å². The van der Waals surface area contributed by atoms with Gasteiger partial charge in [-0.1, -0.05) is 6.07 Å². The summed E-state index contributed by atoms with van der Waals surface area (Å²) in [4.78, 5) is 12.0. The number of hydrogen-bond acceptors (Lipinski definition) is 5. The van der Waals surface area contributed by atoms with Crippen LogP contribution in [0.25, 0.3) is 0 Å². The maximum absolute atomic E-state index is 12.0. The van der Waals surface area contributed by atoms with Crippen LogP contribution >= 0.6 is 12.4 Å². The summed E-state index contributed by atoms with van der Waals surface area (Å²) in [5.74, 6) is -0.253. The van der Waals surface area contributed by atoms with Crippen LogP contribution in [0.4, 0.5) is 5.69 Å². The molecule has 2 rings (SSSR count). The fraction of sp³-hybridized carbons (Fsp3) is 0.462. The van der Waals surface area contributed by atoms with Gasteiger partial charge in [0, 0.05) is 25.4 Å². The number of halogens is 1. The topological polar surface area (TPSA) is 111 Å². The first-order valence-electron chi connectivity index (χ1n) is 6.75. The molecule has 1 aromatic rings. The Kier molecular flexibility index (Phi) is 7.24. The first-order chi connectivity index (χ1) is 10.0. The molecule has 1 amide bonds. The fourth-order valence-electron chi connectivity index (χ4n) is 2.02. The number of nitrogens with two attached hydrogens (primary N) is 1. The molecule has 0 saturated carbocycles.